The molecule has 1 fully saturated rings. The van der Waals surface area contributed by atoms with Crippen molar-refractivity contribution < 1.29 is 26.8 Å². The van der Waals surface area contributed by atoms with Crippen molar-refractivity contribution in [3.8, 4) is 0 Å². The van der Waals surface area contributed by atoms with Gasteiger partial charge in [-0.2, -0.15) is 4.31 Å². The Balaban J connectivity index is 1.37. The maximum Gasteiger partial charge on any atom is 0.317 e. The van der Waals surface area contributed by atoms with Gasteiger partial charge in [-0.3, -0.25) is 0 Å². The molecule has 2 heterocycles. The first-order valence-electron chi connectivity index (χ1n) is 9.36. The smallest absolute Gasteiger partial charge is 0.317 e. The Morgan fingerprint density at radius 1 is 1.14 bits per heavy atom. The first-order chi connectivity index (χ1) is 14.0. The van der Waals surface area contributed by atoms with Crippen molar-refractivity contribution >= 4 is 16.1 Å². The van der Waals surface area contributed by atoms with Gasteiger partial charge in [-0.25, -0.2) is 17.6 Å². The van der Waals surface area contributed by atoms with Crippen LogP contribution in [0.3, 0.4) is 0 Å². The van der Waals surface area contributed by atoms with Crippen LogP contribution in [-0.2, 0) is 21.4 Å². The topological polar surface area (TPSA) is 92.1 Å². The molecule has 2 aromatic rings. The Bertz CT molecular complexity index is 896. The summed E-state index contributed by atoms with van der Waals surface area (Å²) >= 11 is 0. The fraction of sp³-hybridized carbons (Fsp3) is 0.421. The second-order valence-electron chi connectivity index (χ2n) is 6.54. The summed E-state index contributed by atoms with van der Waals surface area (Å²) in [7, 11) is -3.91. The van der Waals surface area contributed by atoms with Crippen molar-refractivity contribution in [1.82, 2.24) is 14.5 Å². The number of carbonyl (C=O) groups excluding carboxylic acids is 1. The average molecular weight is 425 g/mol. The normalized spacial score (nSPS) is 15.4. The minimum absolute atomic E-state index is 0.121. The van der Waals surface area contributed by atoms with E-state index in [0.29, 0.717) is 26.2 Å². The summed E-state index contributed by atoms with van der Waals surface area (Å²) in [6, 6.07) is 8.66. The van der Waals surface area contributed by atoms with E-state index in [2.05, 4.69) is 5.32 Å². The molecular weight excluding hydrogens is 401 g/mol. The van der Waals surface area contributed by atoms with Crippen LogP contribution < -0.4 is 5.32 Å². The van der Waals surface area contributed by atoms with E-state index < -0.39 is 15.8 Å². The van der Waals surface area contributed by atoms with Crippen LogP contribution in [0, 0.1) is 5.82 Å². The molecule has 0 spiro atoms. The highest BCUT2D eigenvalue weighted by Gasteiger charge is 2.31. The zero-order chi connectivity index (χ0) is 20.7. The van der Waals surface area contributed by atoms with Gasteiger partial charge >= 0.3 is 6.03 Å². The summed E-state index contributed by atoms with van der Waals surface area (Å²) in [5.41, 5.74) is 0. The van der Waals surface area contributed by atoms with Crippen LogP contribution in [-0.4, -0.2) is 63.0 Å². The number of sulfonamides is 1. The number of nitrogens with zero attached hydrogens (tertiary/aromatic N) is 2. The molecule has 0 unspecified atom stereocenters. The maximum absolute atomic E-state index is 13.9. The van der Waals surface area contributed by atoms with Gasteiger partial charge in [-0.05, 0) is 30.7 Å². The van der Waals surface area contributed by atoms with Crippen molar-refractivity contribution in [2.75, 3.05) is 39.3 Å². The second kappa shape index (κ2) is 9.86. The predicted molar refractivity (Wildman–Crippen MR) is 103 cm³/mol. The molecule has 0 saturated carbocycles. The number of piperazine rings is 1. The van der Waals surface area contributed by atoms with Crippen LogP contribution in [0.25, 0.3) is 0 Å². The number of halogens is 1. The zero-order valence-electron chi connectivity index (χ0n) is 15.9. The molecule has 1 aromatic carbocycles. The monoisotopic (exact) mass is 425 g/mol. The van der Waals surface area contributed by atoms with Gasteiger partial charge in [-0.15, -0.1) is 0 Å². The lowest BCUT2D eigenvalue weighted by atomic mass is 10.3. The molecule has 0 bridgehead atoms. The number of hydrogen-bond acceptors (Lipinski definition) is 5. The van der Waals surface area contributed by atoms with Gasteiger partial charge in [0.05, 0.1) is 6.26 Å². The van der Waals surface area contributed by atoms with Crippen LogP contribution in [0.4, 0.5) is 9.18 Å². The number of ether oxygens (including phenoxy) is 1. The third-order valence-corrected chi connectivity index (χ3v) is 6.48. The average Bonchev–Trinajstić information content (AvgIpc) is 3.24. The van der Waals surface area contributed by atoms with Crippen molar-refractivity contribution in [1.29, 1.82) is 0 Å². The summed E-state index contributed by atoms with van der Waals surface area (Å²) in [6.07, 6.45) is 2.23. The standard InChI is InChI=1S/C19H24FN3O5S/c20-17-6-1-2-7-18(17)29(25,26)23-11-9-22(10-12-23)19(24)21-8-4-13-27-15-16-5-3-14-28-16/h1-3,5-7,14H,4,8-13,15H2,(H,21,24). The fourth-order valence-corrected chi connectivity index (χ4v) is 4.46. The highest BCUT2D eigenvalue weighted by molar-refractivity contribution is 7.89. The zero-order valence-corrected chi connectivity index (χ0v) is 16.7. The molecular formula is C19H24FN3O5S. The van der Waals surface area contributed by atoms with E-state index in [1.54, 1.807) is 17.2 Å². The predicted octanol–water partition coefficient (Wildman–Crippen LogP) is 2.04. The molecule has 2 amide bonds. The highest BCUT2D eigenvalue weighted by atomic mass is 32.2. The van der Waals surface area contributed by atoms with Crippen LogP contribution >= 0.6 is 0 Å². The Morgan fingerprint density at radius 3 is 2.59 bits per heavy atom. The maximum atomic E-state index is 13.9. The molecule has 1 saturated heterocycles. The first-order valence-corrected chi connectivity index (χ1v) is 10.8. The van der Waals surface area contributed by atoms with Crippen LogP contribution in [0.1, 0.15) is 12.2 Å². The van der Waals surface area contributed by atoms with Crippen molar-refractivity contribution in [3.05, 3.63) is 54.2 Å². The molecule has 0 radical (unpaired) electrons. The van der Waals surface area contributed by atoms with E-state index in [1.807, 2.05) is 6.07 Å². The molecule has 0 aliphatic carbocycles. The largest absolute Gasteiger partial charge is 0.467 e. The Morgan fingerprint density at radius 2 is 1.90 bits per heavy atom. The Hall–Kier alpha value is -2.43. The molecule has 1 aliphatic heterocycles. The number of amides is 2. The number of urea groups is 1. The molecule has 0 atom stereocenters. The third-order valence-electron chi connectivity index (χ3n) is 4.55. The quantitative estimate of drug-likeness (QED) is 0.654. The minimum Gasteiger partial charge on any atom is -0.467 e. The molecule has 8 nitrogen and oxygen atoms in total. The summed E-state index contributed by atoms with van der Waals surface area (Å²) in [5, 5.41) is 2.80. The van der Waals surface area contributed by atoms with E-state index in [-0.39, 0.29) is 37.1 Å². The summed E-state index contributed by atoms with van der Waals surface area (Å²) in [6.45, 7) is 2.05. The molecule has 158 valence electrons. The number of nitrogens with one attached hydrogen (secondary N) is 1. The van der Waals surface area contributed by atoms with Gasteiger partial charge in [0.1, 0.15) is 23.1 Å². The SMILES string of the molecule is O=C(NCCCOCc1ccco1)N1CCN(S(=O)(=O)c2ccccc2F)CC1. The van der Waals surface area contributed by atoms with Gasteiger partial charge in [0.15, 0.2) is 0 Å². The Kier molecular flexibility index (Phi) is 7.24. The van der Waals surface area contributed by atoms with Gasteiger partial charge in [0.2, 0.25) is 10.0 Å². The van der Waals surface area contributed by atoms with E-state index in [1.165, 1.54) is 22.5 Å². The lowest BCUT2D eigenvalue weighted by molar-refractivity contribution is 0.104. The van der Waals surface area contributed by atoms with Crippen molar-refractivity contribution in [2.24, 2.45) is 0 Å². The van der Waals surface area contributed by atoms with Gasteiger partial charge in [0, 0.05) is 39.3 Å². The van der Waals surface area contributed by atoms with Crippen molar-refractivity contribution in [2.45, 2.75) is 17.9 Å². The molecule has 3 rings (SSSR count). The minimum atomic E-state index is -3.91. The van der Waals surface area contributed by atoms with Crippen LogP contribution in [0.5, 0.6) is 0 Å². The molecule has 1 aromatic heterocycles. The number of benzene rings is 1. The van der Waals surface area contributed by atoms with Crippen molar-refractivity contribution in [3.63, 3.8) is 0 Å². The molecule has 1 aliphatic rings. The lowest BCUT2D eigenvalue weighted by Gasteiger charge is -2.34. The number of furan rings is 1. The highest BCUT2D eigenvalue weighted by Crippen LogP contribution is 2.20. The molecule has 29 heavy (non-hydrogen) atoms. The second-order valence-corrected chi connectivity index (χ2v) is 8.45. The molecule has 10 heteroatoms. The lowest BCUT2D eigenvalue weighted by Crippen LogP contribution is -2.53. The number of rotatable bonds is 8. The van der Waals surface area contributed by atoms with Gasteiger partial charge in [0.25, 0.3) is 0 Å². The van der Waals surface area contributed by atoms with E-state index in [0.717, 1.165) is 11.8 Å². The number of carbonyl (C=O) groups is 1. The summed E-state index contributed by atoms with van der Waals surface area (Å²) in [4.78, 5) is 13.4. The van der Waals surface area contributed by atoms with E-state index in [9.17, 15) is 17.6 Å². The van der Waals surface area contributed by atoms with E-state index in [4.69, 9.17) is 9.15 Å². The molecule has 1 N–H and O–H groups in total. The Labute approximate surface area is 169 Å². The fourth-order valence-electron chi connectivity index (χ4n) is 2.97. The summed E-state index contributed by atoms with van der Waals surface area (Å²) < 4.78 is 50.8. The third kappa shape index (κ3) is 5.55. The van der Waals surface area contributed by atoms with E-state index >= 15 is 0 Å². The van der Waals surface area contributed by atoms with Gasteiger partial charge in [-0.1, -0.05) is 12.1 Å². The van der Waals surface area contributed by atoms with Gasteiger partial charge < -0.3 is 19.4 Å². The number of hydrogen-bond donors (Lipinski definition) is 1. The van der Waals surface area contributed by atoms with Crippen LogP contribution in [0.2, 0.25) is 0 Å². The first kappa shape index (κ1) is 21.3. The summed E-state index contributed by atoms with van der Waals surface area (Å²) in [5.74, 6) is -0.0285. The van der Waals surface area contributed by atoms with Crippen LogP contribution in [0.15, 0.2) is 52.0 Å².